The minimum absolute atomic E-state index is 0.0341. The molecule has 0 aromatic heterocycles. The van der Waals surface area contributed by atoms with Crippen LogP contribution in [0.15, 0.2) is 59.5 Å². The molecule has 2 aromatic carbocycles. The Balaban J connectivity index is 1.80. The molecule has 5 nitrogen and oxygen atoms in total. The van der Waals surface area contributed by atoms with Crippen molar-refractivity contribution >= 4 is 21.6 Å². The Bertz CT molecular complexity index is 855. The molecule has 0 unspecified atom stereocenters. The van der Waals surface area contributed by atoms with Gasteiger partial charge in [-0.1, -0.05) is 36.8 Å². The largest absolute Gasteiger partial charge is 0.325 e. The summed E-state index contributed by atoms with van der Waals surface area (Å²) in [6.07, 6.45) is 2.69. The number of sulfonamides is 1. The molecule has 0 atom stereocenters. The van der Waals surface area contributed by atoms with Crippen molar-refractivity contribution in [1.29, 1.82) is 0 Å². The van der Waals surface area contributed by atoms with Crippen molar-refractivity contribution in [2.45, 2.75) is 29.6 Å². The number of amides is 1. The van der Waals surface area contributed by atoms with E-state index >= 15 is 0 Å². The fraction of sp³-hybridized carbons (Fsp3) is 0.316. The maximum Gasteiger partial charge on any atom is 0.242 e. The Morgan fingerprint density at radius 1 is 1.00 bits per heavy atom. The van der Waals surface area contributed by atoms with E-state index in [1.807, 2.05) is 30.3 Å². The van der Waals surface area contributed by atoms with Crippen LogP contribution in [0.5, 0.6) is 0 Å². The molecular weight excluding hydrogens is 336 g/mol. The molecule has 3 rings (SSSR count). The van der Waals surface area contributed by atoms with E-state index in [1.54, 1.807) is 12.1 Å². The molecule has 6 heteroatoms. The van der Waals surface area contributed by atoms with Gasteiger partial charge in [0.2, 0.25) is 15.9 Å². The van der Waals surface area contributed by atoms with Gasteiger partial charge in [0.1, 0.15) is 0 Å². The van der Waals surface area contributed by atoms with Crippen LogP contribution >= 0.6 is 0 Å². The van der Waals surface area contributed by atoms with E-state index in [9.17, 15) is 13.2 Å². The highest BCUT2D eigenvalue weighted by Crippen LogP contribution is 2.44. The molecule has 1 saturated carbocycles. The summed E-state index contributed by atoms with van der Waals surface area (Å²) in [7, 11) is -0.484. The first-order chi connectivity index (χ1) is 11.9. The normalized spacial score (nSPS) is 16.3. The lowest BCUT2D eigenvalue weighted by atomic mass is 9.64. The predicted octanol–water partition coefficient (Wildman–Crippen LogP) is 3.00. The summed E-state index contributed by atoms with van der Waals surface area (Å²) >= 11 is 0. The van der Waals surface area contributed by atoms with Crippen LogP contribution in [0.3, 0.4) is 0 Å². The van der Waals surface area contributed by atoms with Crippen LogP contribution in [-0.2, 0) is 20.2 Å². The Hall–Kier alpha value is -2.18. The summed E-state index contributed by atoms with van der Waals surface area (Å²) in [4.78, 5) is 13.1. The van der Waals surface area contributed by atoms with E-state index < -0.39 is 15.4 Å². The Kier molecular flexibility index (Phi) is 4.67. The highest BCUT2D eigenvalue weighted by atomic mass is 32.2. The zero-order valence-electron chi connectivity index (χ0n) is 14.4. The van der Waals surface area contributed by atoms with Crippen molar-refractivity contribution in [2.24, 2.45) is 0 Å². The number of anilines is 1. The van der Waals surface area contributed by atoms with Gasteiger partial charge in [-0.05, 0) is 42.7 Å². The summed E-state index contributed by atoms with van der Waals surface area (Å²) in [5.74, 6) is -0.0341. The van der Waals surface area contributed by atoms with Crippen molar-refractivity contribution in [3.63, 3.8) is 0 Å². The van der Waals surface area contributed by atoms with Gasteiger partial charge in [0.15, 0.2) is 0 Å². The zero-order chi connectivity index (χ0) is 18.1. The number of hydrogen-bond acceptors (Lipinski definition) is 3. The van der Waals surface area contributed by atoms with Gasteiger partial charge in [-0.3, -0.25) is 4.79 Å². The monoisotopic (exact) mass is 358 g/mol. The van der Waals surface area contributed by atoms with Crippen LogP contribution in [0.25, 0.3) is 0 Å². The number of carbonyl (C=O) groups excluding carboxylic acids is 1. The first kappa shape index (κ1) is 17.6. The van der Waals surface area contributed by atoms with E-state index in [1.165, 1.54) is 30.5 Å². The molecule has 1 aliphatic carbocycles. The Morgan fingerprint density at radius 3 is 2.08 bits per heavy atom. The number of hydrogen-bond donors (Lipinski definition) is 1. The van der Waals surface area contributed by atoms with Crippen LogP contribution in [-0.4, -0.2) is 32.7 Å². The van der Waals surface area contributed by atoms with Gasteiger partial charge < -0.3 is 5.32 Å². The van der Waals surface area contributed by atoms with E-state index in [2.05, 4.69) is 5.32 Å². The van der Waals surface area contributed by atoms with Gasteiger partial charge in [-0.25, -0.2) is 12.7 Å². The van der Waals surface area contributed by atoms with Gasteiger partial charge in [0, 0.05) is 19.8 Å². The van der Waals surface area contributed by atoms with Crippen LogP contribution in [0.2, 0.25) is 0 Å². The van der Waals surface area contributed by atoms with Crippen molar-refractivity contribution in [3.05, 3.63) is 60.2 Å². The van der Waals surface area contributed by atoms with Gasteiger partial charge >= 0.3 is 0 Å². The molecule has 0 bridgehead atoms. The second-order valence-corrected chi connectivity index (χ2v) is 8.72. The van der Waals surface area contributed by atoms with Crippen LogP contribution in [0, 0.1) is 0 Å². The fourth-order valence-corrected chi connectivity index (χ4v) is 4.01. The van der Waals surface area contributed by atoms with Gasteiger partial charge in [-0.15, -0.1) is 0 Å². The van der Waals surface area contributed by atoms with Gasteiger partial charge in [-0.2, -0.15) is 0 Å². The van der Waals surface area contributed by atoms with Gasteiger partial charge in [0.05, 0.1) is 10.3 Å². The quantitative estimate of drug-likeness (QED) is 0.893. The van der Waals surface area contributed by atoms with Crippen LogP contribution < -0.4 is 5.32 Å². The number of nitrogens with one attached hydrogen (secondary N) is 1. The molecular formula is C19H22N2O3S. The maximum absolute atomic E-state index is 12.9. The average molecular weight is 358 g/mol. The standard InChI is InChI=1S/C19H22N2O3S/c1-21(2)25(23,24)17-11-9-16(10-12-17)20-18(22)19(13-6-14-19)15-7-4-3-5-8-15/h3-5,7-12H,6,13-14H2,1-2H3,(H,20,22). The molecule has 132 valence electrons. The molecule has 1 fully saturated rings. The smallest absolute Gasteiger partial charge is 0.242 e. The first-order valence-electron chi connectivity index (χ1n) is 8.26. The summed E-state index contributed by atoms with van der Waals surface area (Å²) in [6.45, 7) is 0. The number of rotatable bonds is 5. The Morgan fingerprint density at radius 2 is 1.60 bits per heavy atom. The maximum atomic E-state index is 12.9. The molecule has 1 aliphatic rings. The zero-order valence-corrected chi connectivity index (χ0v) is 15.2. The lowest BCUT2D eigenvalue weighted by Gasteiger charge is -2.40. The summed E-state index contributed by atoms with van der Waals surface area (Å²) in [5.41, 5.74) is 1.16. The molecule has 0 heterocycles. The van der Waals surface area contributed by atoms with Crippen molar-refractivity contribution in [1.82, 2.24) is 4.31 Å². The average Bonchev–Trinajstić information content (AvgIpc) is 2.55. The Labute approximate surface area is 148 Å². The minimum Gasteiger partial charge on any atom is -0.325 e. The first-order valence-corrected chi connectivity index (χ1v) is 9.70. The summed E-state index contributed by atoms with van der Waals surface area (Å²) in [5, 5.41) is 2.94. The molecule has 0 radical (unpaired) electrons. The van der Waals surface area contributed by atoms with Crippen LogP contribution in [0.4, 0.5) is 5.69 Å². The summed E-state index contributed by atoms with van der Waals surface area (Å²) in [6, 6.07) is 16.1. The molecule has 0 saturated heterocycles. The number of nitrogens with zero attached hydrogens (tertiary/aromatic N) is 1. The van der Waals surface area contributed by atoms with Crippen molar-refractivity contribution in [2.75, 3.05) is 19.4 Å². The molecule has 2 aromatic rings. The van der Waals surface area contributed by atoms with E-state index in [4.69, 9.17) is 0 Å². The second kappa shape index (κ2) is 6.61. The third kappa shape index (κ3) is 3.19. The molecule has 0 aliphatic heterocycles. The fourth-order valence-electron chi connectivity index (χ4n) is 3.11. The topological polar surface area (TPSA) is 66.5 Å². The lowest BCUT2D eigenvalue weighted by Crippen LogP contribution is -2.45. The second-order valence-electron chi connectivity index (χ2n) is 6.57. The highest BCUT2D eigenvalue weighted by molar-refractivity contribution is 7.89. The van der Waals surface area contributed by atoms with E-state index in [-0.39, 0.29) is 10.8 Å². The van der Waals surface area contributed by atoms with Crippen molar-refractivity contribution in [3.8, 4) is 0 Å². The lowest BCUT2D eigenvalue weighted by molar-refractivity contribution is -0.124. The van der Waals surface area contributed by atoms with Crippen molar-refractivity contribution < 1.29 is 13.2 Å². The SMILES string of the molecule is CN(C)S(=O)(=O)c1ccc(NC(=O)C2(c3ccccc3)CCC2)cc1. The third-order valence-electron chi connectivity index (χ3n) is 4.86. The molecule has 1 N–H and O–H groups in total. The third-order valence-corrected chi connectivity index (χ3v) is 6.69. The summed E-state index contributed by atoms with van der Waals surface area (Å²) < 4.78 is 25.4. The van der Waals surface area contributed by atoms with E-state index in [0.29, 0.717) is 5.69 Å². The predicted molar refractivity (Wildman–Crippen MR) is 97.9 cm³/mol. The van der Waals surface area contributed by atoms with Crippen LogP contribution in [0.1, 0.15) is 24.8 Å². The minimum atomic E-state index is -3.47. The molecule has 0 spiro atoms. The number of carbonyl (C=O) groups is 1. The number of benzene rings is 2. The van der Waals surface area contributed by atoms with E-state index in [0.717, 1.165) is 24.8 Å². The highest BCUT2D eigenvalue weighted by Gasteiger charge is 2.45. The molecule has 1 amide bonds. The molecule has 25 heavy (non-hydrogen) atoms. The van der Waals surface area contributed by atoms with Gasteiger partial charge in [0.25, 0.3) is 0 Å².